The Morgan fingerprint density at radius 3 is 2.83 bits per heavy atom. The van der Waals surface area contributed by atoms with Gasteiger partial charge in [-0.05, 0) is 50.2 Å². The normalized spacial score (nSPS) is 17.9. The van der Waals surface area contributed by atoms with Crippen molar-refractivity contribution in [2.75, 3.05) is 25.0 Å². The van der Waals surface area contributed by atoms with Crippen LogP contribution in [-0.4, -0.2) is 56.6 Å². The molecule has 0 spiro atoms. The molecule has 7 nitrogen and oxygen atoms in total. The van der Waals surface area contributed by atoms with Crippen LogP contribution in [0.5, 0.6) is 11.5 Å². The van der Waals surface area contributed by atoms with Gasteiger partial charge in [0.15, 0.2) is 0 Å². The number of ether oxygens (including phenoxy) is 1. The molecule has 10 heteroatoms. The van der Waals surface area contributed by atoms with Crippen LogP contribution in [0.2, 0.25) is 0 Å². The second kappa shape index (κ2) is 8.02. The summed E-state index contributed by atoms with van der Waals surface area (Å²) < 4.78 is 42.9. The summed E-state index contributed by atoms with van der Waals surface area (Å²) >= 11 is 0. The van der Waals surface area contributed by atoms with Gasteiger partial charge in [-0.15, -0.1) is 23.4 Å². The van der Waals surface area contributed by atoms with Crippen LogP contribution >= 0.6 is 0 Å². The van der Waals surface area contributed by atoms with Crippen LogP contribution in [-0.2, 0) is 0 Å². The summed E-state index contributed by atoms with van der Waals surface area (Å²) in [4.78, 5) is 2.37. The predicted octanol–water partition coefficient (Wildman–Crippen LogP) is 3.90. The Morgan fingerprint density at radius 2 is 2.10 bits per heavy atom. The molecule has 1 aliphatic rings. The van der Waals surface area contributed by atoms with Gasteiger partial charge in [-0.25, -0.2) is 0 Å². The van der Waals surface area contributed by atoms with Crippen molar-refractivity contribution in [1.82, 2.24) is 19.5 Å². The van der Waals surface area contributed by atoms with E-state index < -0.39 is 12.1 Å². The lowest BCUT2D eigenvalue weighted by Gasteiger charge is -2.32. The molecule has 2 aromatic heterocycles. The van der Waals surface area contributed by atoms with E-state index in [1.807, 2.05) is 22.7 Å². The molecule has 1 fully saturated rings. The highest BCUT2D eigenvalue weighted by Gasteiger charge is 2.31. The average Bonchev–Trinajstić information content (AvgIpc) is 3.18. The molecule has 3 heterocycles. The number of nitrogens with one attached hydrogen (secondary N) is 1. The minimum atomic E-state index is -4.83. The molecule has 0 radical (unpaired) electrons. The number of likely N-dealkylation sites (N-methyl/N-ethyl adjacent to an activating group) is 1. The van der Waals surface area contributed by atoms with Crippen LogP contribution in [0, 0.1) is 0 Å². The third-order valence-corrected chi connectivity index (χ3v) is 5.21. The molecular formula is C20H22F3N5O2. The number of aromatic nitrogens is 3. The molecule has 4 rings (SSSR count). The molecule has 0 aliphatic carbocycles. The van der Waals surface area contributed by atoms with Crippen LogP contribution in [0.1, 0.15) is 19.8 Å². The Kier molecular flexibility index (Phi) is 5.42. The minimum Gasteiger partial charge on any atom is -0.507 e. The maximum absolute atomic E-state index is 12.4. The van der Waals surface area contributed by atoms with Crippen molar-refractivity contribution in [3.63, 3.8) is 0 Å². The Labute approximate surface area is 171 Å². The second-order valence-electron chi connectivity index (χ2n) is 7.24. The number of hydrogen-bond acceptors (Lipinski definition) is 6. The Balaban J connectivity index is 1.63. The number of fused-ring (bicyclic) bond motifs is 1. The number of piperidine rings is 1. The van der Waals surface area contributed by atoms with Gasteiger partial charge in [0, 0.05) is 30.4 Å². The first-order chi connectivity index (χ1) is 14.3. The van der Waals surface area contributed by atoms with E-state index in [0.717, 1.165) is 44.6 Å². The summed E-state index contributed by atoms with van der Waals surface area (Å²) in [5.41, 5.74) is 1.30. The van der Waals surface area contributed by atoms with Gasteiger partial charge < -0.3 is 20.1 Å². The number of aromatic hydroxyl groups is 1. The van der Waals surface area contributed by atoms with Crippen molar-refractivity contribution in [2.24, 2.45) is 0 Å². The highest BCUT2D eigenvalue weighted by atomic mass is 19.4. The molecule has 1 aliphatic heterocycles. The first kappa shape index (κ1) is 20.3. The molecule has 0 bridgehead atoms. The predicted molar refractivity (Wildman–Crippen MR) is 106 cm³/mol. The maximum Gasteiger partial charge on any atom is 0.573 e. The molecule has 30 heavy (non-hydrogen) atoms. The molecule has 0 amide bonds. The van der Waals surface area contributed by atoms with E-state index in [1.54, 1.807) is 0 Å². The summed E-state index contributed by atoms with van der Waals surface area (Å²) in [7, 11) is 0. The lowest BCUT2D eigenvalue weighted by molar-refractivity contribution is -0.274. The van der Waals surface area contributed by atoms with Crippen LogP contribution in [0.25, 0.3) is 16.8 Å². The van der Waals surface area contributed by atoms with Crippen molar-refractivity contribution in [1.29, 1.82) is 0 Å². The van der Waals surface area contributed by atoms with Gasteiger partial charge in [-0.3, -0.25) is 4.40 Å². The molecule has 1 atom stereocenters. The van der Waals surface area contributed by atoms with E-state index in [9.17, 15) is 18.3 Å². The molecule has 3 aromatic rings. The number of anilines is 1. The molecule has 0 saturated carbocycles. The van der Waals surface area contributed by atoms with Crippen molar-refractivity contribution in [2.45, 2.75) is 32.2 Å². The molecule has 0 unspecified atom stereocenters. The summed E-state index contributed by atoms with van der Waals surface area (Å²) in [6, 6.07) is 7.27. The van der Waals surface area contributed by atoms with Gasteiger partial charge in [-0.1, -0.05) is 6.92 Å². The smallest absolute Gasteiger partial charge is 0.507 e. The van der Waals surface area contributed by atoms with Crippen molar-refractivity contribution >= 4 is 11.5 Å². The van der Waals surface area contributed by atoms with E-state index >= 15 is 0 Å². The number of phenols is 1. The lowest BCUT2D eigenvalue weighted by Crippen LogP contribution is -2.42. The molecule has 1 aromatic carbocycles. The number of alkyl halides is 3. The zero-order chi connectivity index (χ0) is 21.3. The number of likely N-dealkylation sites (tertiary alicyclic amines) is 1. The van der Waals surface area contributed by atoms with Crippen LogP contribution in [0.3, 0.4) is 0 Å². The van der Waals surface area contributed by atoms with Gasteiger partial charge in [0.1, 0.15) is 17.2 Å². The zero-order valence-corrected chi connectivity index (χ0v) is 16.4. The zero-order valence-electron chi connectivity index (χ0n) is 16.4. The van der Waals surface area contributed by atoms with Crippen molar-refractivity contribution < 1.29 is 23.0 Å². The molecule has 2 N–H and O–H groups in total. The number of hydrogen-bond donors (Lipinski definition) is 2. The van der Waals surface area contributed by atoms with Crippen LogP contribution in [0.4, 0.5) is 19.1 Å². The van der Waals surface area contributed by atoms with Crippen LogP contribution in [0.15, 0.2) is 36.5 Å². The topological polar surface area (TPSA) is 74.9 Å². The van der Waals surface area contributed by atoms with E-state index in [1.165, 1.54) is 6.07 Å². The number of benzene rings is 1. The lowest BCUT2D eigenvalue weighted by atomic mass is 10.1. The Hall–Kier alpha value is -3.01. The molecular weight excluding hydrogens is 399 g/mol. The van der Waals surface area contributed by atoms with E-state index in [0.29, 0.717) is 17.2 Å². The summed E-state index contributed by atoms with van der Waals surface area (Å²) in [6.45, 7) is 5.14. The van der Waals surface area contributed by atoms with Crippen molar-refractivity contribution in [3.05, 3.63) is 36.5 Å². The average molecular weight is 421 g/mol. The van der Waals surface area contributed by atoms with Gasteiger partial charge in [0.25, 0.3) is 0 Å². The number of rotatable bonds is 5. The van der Waals surface area contributed by atoms with E-state index in [2.05, 4.69) is 32.1 Å². The fourth-order valence-corrected chi connectivity index (χ4v) is 3.80. The third kappa shape index (κ3) is 4.28. The first-order valence-corrected chi connectivity index (χ1v) is 9.76. The monoisotopic (exact) mass is 421 g/mol. The van der Waals surface area contributed by atoms with Gasteiger partial charge in [-0.2, -0.15) is 0 Å². The van der Waals surface area contributed by atoms with E-state index in [-0.39, 0.29) is 17.4 Å². The minimum absolute atomic E-state index is 0.247. The van der Waals surface area contributed by atoms with Gasteiger partial charge >= 0.3 is 6.36 Å². The summed E-state index contributed by atoms with van der Waals surface area (Å²) in [6.07, 6.45) is -0.868. The summed E-state index contributed by atoms with van der Waals surface area (Å²) in [5, 5.41) is 22.3. The van der Waals surface area contributed by atoms with Crippen molar-refractivity contribution in [3.8, 4) is 22.8 Å². The highest BCUT2D eigenvalue weighted by Crippen LogP contribution is 2.35. The highest BCUT2D eigenvalue weighted by molar-refractivity contribution is 5.81. The molecule has 160 valence electrons. The Bertz CT molecular complexity index is 1040. The van der Waals surface area contributed by atoms with E-state index in [4.69, 9.17) is 0 Å². The maximum atomic E-state index is 12.4. The fourth-order valence-electron chi connectivity index (χ4n) is 3.80. The number of halogens is 3. The first-order valence-electron chi connectivity index (χ1n) is 9.76. The van der Waals surface area contributed by atoms with Crippen LogP contribution < -0.4 is 10.1 Å². The van der Waals surface area contributed by atoms with Gasteiger partial charge in [0.2, 0.25) is 5.95 Å². The SMILES string of the molecule is CCN1CCC[C@@H](Nc2nnc(-c3ccc(OC(F)(F)F)cc3O)c3cccn23)C1. The number of phenolic OH excluding ortho intramolecular Hbond substituents is 1. The fraction of sp³-hybridized carbons (Fsp3) is 0.400. The quantitative estimate of drug-likeness (QED) is 0.651. The molecule has 1 saturated heterocycles. The standard InChI is InChI=1S/C20H22F3N5O2/c1-2-27-9-3-5-13(12-27)24-19-26-25-18(16-6-4-10-28(16)19)15-8-7-14(11-17(15)29)30-20(21,22)23/h4,6-8,10-11,13,29H,2-3,5,9,12H2,1H3,(H,24,26)/t13-/m1/s1. The third-order valence-electron chi connectivity index (χ3n) is 5.21. The second-order valence-corrected chi connectivity index (χ2v) is 7.24. The van der Waals surface area contributed by atoms with Gasteiger partial charge in [0.05, 0.1) is 5.52 Å². The Morgan fingerprint density at radius 1 is 1.27 bits per heavy atom. The summed E-state index contributed by atoms with van der Waals surface area (Å²) in [5.74, 6) is -0.293. The number of nitrogens with zero attached hydrogens (tertiary/aromatic N) is 4. The largest absolute Gasteiger partial charge is 0.573 e.